The zero-order valence-electron chi connectivity index (χ0n) is 16.1. The molecule has 3 N–H and O–H groups in total. The minimum atomic E-state index is -0.690. The highest BCUT2D eigenvalue weighted by Gasteiger charge is 2.09. The molecule has 1 atom stereocenters. The Morgan fingerprint density at radius 1 is 1.33 bits per heavy atom. The van der Waals surface area contributed by atoms with Crippen LogP contribution in [0.25, 0.3) is 0 Å². The largest absolute Gasteiger partial charge is 0.497 e. The Balaban J connectivity index is 0.00000364. The topological polar surface area (TPSA) is 96.6 Å². The van der Waals surface area contributed by atoms with Crippen molar-refractivity contribution in [1.29, 1.82) is 0 Å². The highest BCUT2D eigenvalue weighted by molar-refractivity contribution is 14.0. The summed E-state index contributed by atoms with van der Waals surface area (Å²) in [4.78, 5) is 4.47. The van der Waals surface area contributed by atoms with E-state index in [1.807, 2.05) is 35.8 Å². The van der Waals surface area contributed by atoms with E-state index in [2.05, 4.69) is 32.7 Å². The second kappa shape index (κ2) is 12.5. The molecule has 0 saturated heterocycles. The third-order valence-electron chi connectivity index (χ3n) is 3.90. The molecular formula is C18H29IN6O2. The van der Waals surface area contributed by atoms with Crippen LogP contribution in [0.4, 0.5) is 0 Å². The number of nitrogens with one attached hydrogen (secondary N) is 2. The van der Waals surface area contributed by atoms with Crippen molar-refractivity contribution in [2.75, 3.05) is 26.7 Å². The summed E-state index contributed by atoms with van der Waals surface area (Å²) in [5.41, 5.74) is 0.779. The van der Waals surface area contributed by atoms with Crippen molar-refractivity contribution >= 4 is 29.9 Å². The Hall–Kier alpha value is -1.88. The van der Waals surface area contributed by atoms with Crippen LogP contribution in [0.1, 0.15) is 31.3 Å². The van der Waals surface area contributed by atoms with E-state index in [0.717, 1.165) is 36.6 Å². The van der Waals surface area contributed by atoms with E-state index in [0.29, 0.717) is 12.5 Å². The van der Waals surface area contributed by atoms with E-state index in [-0.39, 0.29) is 30.5 Å². The Bertz CT molecular complexity index is 707. The molecule has 2 aromatic rings. The molecule has 8 nitrogen and oxygen atoms in total. The summed E-state index contributed by atoms with van der Waals surface area (Å²) >= 11 is 0. The summed E-state index contributed by atoms with van der Waals surface area (Å²) < 4.78 is 7.21. The van der Waals surface area contributed by atoms with Crippen molar-refractivity contribution in [2.24, 2.45) is 4.99 Å². The Morgan fingerprint density at radius 2 is 2.15 bits per heavy atom. The van der Waals surface area contributed by atoms with Gasteiger partial charge in [0, 0.05) is 26.1 Å². The van der Waals surface area contributed by atoms with Gasteiger partial charge in [-0.1, -0.05) is 19.1 Å². The predicted molar refractivity (Wildman–Crippen MR) is 117 cm³/mol. The second-order valence-electron chi connectivity index (χ2n) is 5.73. The van der Waals surface area contributed by atoms with Gasteiger partial charge in [0.15, 0.2) is 5.96 Å². The minimum absolute atomic E-state index is 0. The molecule has 150 valence electrons. The van der Waals surface area contributed by atoms with Crippen molar-refractivity contribution in [3.63, 3.8) is 0 Å². The normalized spacial score (nSPS) is 12.2. The fourth-order valence-electron chi connectivity index (χ4n) is 2.51. The third kappa shape index (κ3) is 7.33. The van der Waals surface area contributed by atoms with E-state index in [1.165, 1.54) is 0 Å². The highest BCUT2D eigenvalue weighted by Crippen LogP contribution is 2.19. The first kappa shape index (κ1) is 23.2. The molecular weight excluding hydrogens is 459 g/mol. The smallest absolute Gasteiger partial charge is 0.191 e. The summed E-state index contributed by atoms with van der Waals surface area (Å²) in [6, 6.07) is 7.38. The van der Waals surface area contributed by atoms with Crippen LogP contribution >= 0.6 is 24.0 Å². The summed E-state index contributed by atoms with van der Waals surface area (Å²) in [5, 5.41) is 24.8. The number of aliphatic imine (C=N–C) groups is 1. The number of hydrogen-bond donors (Lipinski definition) is 3. The van der Waals surface area contributed by atoms with E-state index in [1.54, 1.807) is 13.4 Å². The van der Waals surface area contributed by atoms with Gasteiger partial charge in [0.05, 0.1) is 19.8 Å². The third-order valence-corrected chi connectivity index (χ3v) is 3.90. The van der Waals surface area contributed by atoms with Crippen LogP contribution in [-0.4, -0.2) is 52.6 Å². The maximum Gasteiger partial charge on any atom is 0.191 e. The number of aliphatic hydroxyl groups is 1. The van der Waals surface area contributed by atoms with Crippen LogP contribution in [0.15, 0.2) is 35.6 Å². The molecule has 0 fully saturated rings. The van der Waals surface area contributed by atoms with Gasteiger partial charge in [-0.15, -0.1) is 34.2 Å². The molecule has 0 aliphatic heterocycles. The van der Waals surface area contributed by atoms with Gasteiger partial charge in [-0.2, -0.15) is 0 Å². The zero-order chi connectivity index (χ0) is 18.8. The second-order valence-corrected chi connectivity index (χ2v) is 5.73. The molecule has 0 spiro atoms. The highest BCUT2D eigenvalue weighted by atomic mass is 127. The molecule has 0 radical (unpaired) electrons. The quantitative estimate of drug-likeness (QED) is 0.283. The first-order valence-electron chi connectivity index (χ1n) is 8.88. The first-order valence-corrected chi connectivity index (χ1v) is 8.88. The van der Waals surface area contributed by atoms with Gasteiger partial charge in [0.2, 0.25) is 0 Å². The summed E-state index contributed by atoms with van der Waals surface area (Å²) in [5.74, 6) is 2.35. The lowest BCUT2D eigenvalue weighted by atomic mass is 10.1. The van der Waals surface area contributed by atoms with E-state index in [9.17, 15) is 5.11 Å². The summed E-state index contributed by atoms with van der Waals surface area (Å²) in [6.07, 6.45) is 1.89. The van der Waals surface area contributed by atoms with Crippen molar-refractivity contribution in [2.45, 2.75) is 32.9 Å². The number of nitrogens with zero attached hydrogens (tertiary/aromatic N) is 4. The van der Waals surface area contributed by atoms with Gasteiger partial charge in [-0.05, 0) is 24.6 Å². The number of aromatic nitrogens is 3. The van der Waals surface area contributed by atoms with Crippen LogP contribution in [0.5, 0.6) is 5.75 Å². The minimum Gasteiger partial charge on any atom is -0.497 e. The molecule has 0 bridgehead atoms. The maximum atomic E-state index is 10.4. The van der Waals surface area contributed by atoms with Crippen molar-refractivity contribution in [3.8, 4) is 5.75 Å². The molecule has 0 amide bonds. The molecule has 0 aliphatic rings. The molecule has 1 aromatic carbocycles. The van der Waals surface area contributed by atoms with Gasteiger partial charge in [-0.25, -0.2) is 0 Å². The average molecular weight is 488 g/mol. The number of rotatable bonds is 9. The van der Waals surface area contributed by atoms with Crippen LogP contribution in [0.3, 0.4) is 0 Å². The monoisotopic (exact) mass is 488 g/mol. The number of aliphatic hydroxyl groups excluding tert-OH is 1. The molecule has 1 heterocycles. The van der Waals surface area contributed by atoms with Crippen LogP contribution in [-0.2, 0) is 13.0 Å². The Morgan fingerprint density at radius 3 is 2.85 bits per heavy atom. The SMILES string of the molecule is CCNC(=NCC(O)c1cccc(OC)c1)NCCn1cnnc1CC.I. The zero-order valence-corrected chi connectivity index (χ0v) is 18.4. The lowest BCUT2D eigenvalue weighted by Crippen LogP contribution is -2.39. The van der Waals surface area contributed by atoms with Crippen LogP contribution < -0.4 is 15.4 Å². The molecule has 1 unspecified atom stereocenters. The number of aryl methyl sites for hydroxylation is 1. The lowest BCUT2D eigenvalue weighted by Gasteiger charge is -2.14. The maximum absolute atomic E-state index is 10.4. The number of benzene rings is 1. The van der Waals surface area contributed by atoms with Crippen molar-refractivity contribution in [1.82, 2.24) is 25.4 Å². The lowest BCUT2D eigenvalue weighted by molar-refractivity contribution is 0.186. The van der Waals surface area contributed by atoms with Crippen molar-refractivity contribution in [3.05, 3.63) is 42.0 Å². The van der Waals surface area contributed by atoms with Crippen LogP contribution in [0.2, 0.25) is 0 Å². The average Bonchev–Trinajstić information content (AvgIpc) is 3.13. The standard InChI is InChI=1S/C18H28N6O2.HI/c1-4-17-23-22-13-24(17)10-9-20-18(19-5-2)21-12-16(25)14-7-6-8-15(11-14)26-3;/h6-8,11,13,16,25H,4-5,9-10,12H2,1-3H3,(H2,19,20,21);1H. The van der Waals surface area contributed by atoms with E-state index in [4.69, 9.17) is 4.74 Å². The van der Waals surface area contributed by atoms with Gasteiger partial charge in [0.1, 0.15) is 17.9 Å². The number of hydrogen-bond acceptors (Lipinski definition) is 5. The fraction of sp³-hybridized carbons (Fsp3) is 0.500. The first-order chi connectivity index (χ1) is 12.7. The van der Waals surface area contributed by atoms with Gasteiger partial charge >= 0.3 is 0 Å². The predicted octanol–water partition coefficient (Wildman–Crippen LogP) is 1.76. The van der Waals surface area contributed by atoms with Gasteiger partial charge in [-0.3, -0.25) is 4.99 Å². The number of halogens is 1. The number of guanidine groups is 1. The Kier molecular flexibility index (Phi) is 10.7. The van der Waals surface area contributed by atoms with E-state index >= 15 is 0 Å². The molecule has 27 heavy (non-hydrogen) atoms. The Labute approximate surface area is 177 Å². The van der Waals surface area contributed by atoms with E-state index < -0.39 is 6.10 Å². The van der Waals surface area contributed by atoms with Gasteiger partial charge < -0.3 is 25.0 Å². The molecule has 0 aliphatic carbocycles. The van der Waals surface area contributed by atoms with Crippen LogP contribution in [0, 0.1) is 0 Å². The molecule has 2 rings (SSSR count). The fourth-order valence-corrected chi connectivity index (χ4v) is 2.51. The van der Waals surface area contributed by atoms with Gasteiger partial charge in [0.25, 0.3) is 0 Å². The summed E-state index contributed by atoms with van der Waals surface area (Å²) in [6.45, 7) is 6.50. The van der Waals surface area contributed by atoms with Crippen molar-refractivity contribution < 1.29 is 9.84 Å². The summed E-state index contributed by atoms with van der Waals surface area (Å²) in [7, 11) is 1.61. The molecule has 1 aromatic heterocycles. The molecule has 0 saturated carbocycles. The number of ether oxygens (including phenoxy) is 1. The molecule has 9 heteroatoms. The number of methoxy groups -OCH3 is 1.